The van der Waals surface area contributed by atoms with Crippen LogP contribution < -0.4 is 4.90 Å². The van der Waals surface area contributed by atoms with Crippen LogP contribution >= 0.6 is 31.9 Å². The molecule has 144 valence electrons. The zero-order valence-corrected chi connectivity index (χ0v) is 18.4. The van der Waals surface area contributed by atoms with Crippen LogP contribution in [0.25, 0.3) is 0 Å². The highest BCUT2D eigenvalue weighted by Gasteiger charge is 2.72. The molecule has 0 unspecified atom stereocenters. The fourth-order valence-corrected chi connectivity index (χ4v) is 7.65. The van der Waals surface area contributed by atoms with Gasteiger partial charge in [0, 0.05) is 6.07 Å². The van der Waals surface area contributed by atoms with E-state index < -0.39 is 20.5 Å². The van der Waals surface area contributed by atoms with Crippen molar-refractivity contribution >= 4 is 49.5 Å². The van der Waals surface area contributed by atoms with Gasteiger partial charge in [-0.2, -0.15) is 0 Å². The second-order valence-electron chi connectivity index (χ2n) is 7.78. The summed E-state index contributed by atoms with van der Waals surface area (Å²) in [5.74, 6) is -0.942. The first-order valence-electron chi connectivity index (χ1n) is 9.29. The van der Waals surface area contributed by atoms with Gasteiger partial charge < -0.3 is 4.52 Å². The Kier molecular flexibility index (Phi) is 3.31. The molecule has 2 heterocycles. The molecule has 0 N–H and O–H groups in total. The fraction of sp³-hybridized carbons (Fsp3) is 0.227. The Labute approximate surface area is 183 Å². The van der Waals surface area contributed by atoms with Crippen molar-refractivity contribution in [3.63, 3.8) is 0 Å². The fourth-order valence-electron chi connectivity index (χ4n) is 5.35. The summed E-state index contributed by atoms with van der Waals surface area (Å²) in [6.07, 6.45) is 0. The lowest BCUT2D eigenvalue weighted by molar-refractivity contribution is -0.122. The number of nitrogens with zero attached hydrogens (tertiary/aromatic N) is 2. The van der Waals surface area contributed by atoms with Gasteiger partial charge >= 0.3 is 0 Å². The third-order valence-corrected chi connectivity index (χ3v) is 9.13. The number of aryl methyl sites for hydroxylation is 1. The van der Waals surface area contributed by atoms with Gasteiger partial charge in [-0.05, 0) is 29.2 Å². The number of carbonyl (C=O) groups excluding carboxylic acids is 2. The quantitative estimate of drug-likeness (QED) is 0.357. The Morgan fingerprint density at radius 3 is 1.62 bits per heavy atom. The molecule has 4 aliphatic rings. The third-order valence-electron chi connectivity index (χ3n) is 6.43. The van der Waals surface area contributed by atoms with E-state index >= 15 is 0 Å². The van der Waals surface area contributed by atoms with Crippen LogP contribution in [0.2, 0.25) is 0 Å². The number of alkyl halides is 2. The van der Waals surface area contributed by atoms with Crippen LogP contribution in [0, 0.1) is 18.8 Å². The molecule has 0 radical (unpaired) electrons. The van der Waals surface area contributed by atoms with Crippen LogP contribution in [0.4, 0.5) is 5.82 Å². The topological polar surface area (TPSA) is 63.4 Å². The van der Waals surface area contributed by atoms with Crippen molar-refractivity contribution in [2.45, 2.75) is 15.6 Å². The molecule has 2 amide bonds. The highest BCUT2D eigenvalue weighted by Crippen LogP contribution is 2.70. The number of amides is 2. The maximum absolute atomic E-state index is 13.7. The smallest absolute Gasteiger partial charge is 0.241 e. The summed E-state index contributed by atoms with van der Waals surface area (Å²) in [6.45, 7) is 1.74. The van der Waals surface area contributed by atoms with Crippen molar-refractivity contribution in [2.75, 3.05) is 4.90 Å². The van der Waals surface area contributed by atoms with E-state index in [4.69, 9.17) is 4.52 Å². The molecular formula is C22H14Br2N2O3. The van der Waals surface area contributed by atoms with Crippen LogP contribution in [-0.4, -0.2) is 17.0 Å². The van der Waals surface area contributed by atoms with Crippen molar-refractivity contribution in [3.05, 3.63) is 82.6 Å². The lowest BCUT2D eigenvalue weighted by atomic mass is 9.54. The van der Waals surface area contributed by atoms with E-state index in [1.165, 1.54) is 4.90 Å². The number of halogens is 2. The van der Waals surface area contributed by atoms with Crippen LogP contribution in [0.5, 0.6) is 0 Å². The predicted molar refractivity (Wildman–Crippen MR) is 113 cm³/mol. The molecule has 7 rings (SSSR count). The molecular weight excluding hydrogens is 500 g/mol. The van der Waals surface area contributed by atoms with Crippen molar-refractivity contribution in [3.8, 4) is 0 Å². The van der Waals surface area contributed by atoms with E-state index in [1.54, 1.807) is 13.0 Å². The number of anilines is 1. The first kappa shape index (κ1) is 17.6. The van der Waals surface area contributed by atoms with Gasteiger partial charge in [0.05, 0.1) is 20.5 Å². The van der Waals surface area contributed by atoms with Gasteiger partial charge in [-0.1, -0.05) is 85.5 Å². The largest absolute Gasteiger partial charge is 0.360 e. The summed E-state index contributed by atoms with van der Waals surface area (Å²) in [5.41, 5.74) is 4.04. The first-order chi connectivity index (χ1) is 13.9. The Balaban J connectivity index is 1.68. The van der Waals surface area contributed by atoms with E-state index in [2.05, 4.69) is 37.0 Å². The Bertz CT molecular complexity index is 1110. The lowest BCUT2D eigenvalue weighted by Crippen LogP contribution is -2.56. The molecule has 1 aromatic heterocycles. The molecule has 1 fully saturated rings. The van der Waals surface area contributed by atoms with Gasteiger partial charge in [-0.15, -0.1) is 0 Å². The summed E-state index contributed by atoms with van der Waals surface area (Å²) < 4.78 is 3.57. The molecule has 3 aromatic rings. The molecule has 2 bridgehead atoms. The van der Waals surface area contributed by atoms with E-state index in [9.17, 15) is 9.59 Å². The molecule has 7 heteroatoms. The van der Waals surface area contributed by atoms with Crippen molar-refractivity contribution in [1.29, 1.82) is 0 Å². The molecule has 29 heavy (non-hydrogen) atoms. The minimum atomic E-state index is -0.791. The zero-order chi connectivity index (χ0) is 20.1. The van der Waals surface area contributed by atoms with E-state index in [0.717, 1.165) is 22.3 Å². The standard InChI is InChI=1S/C22H14Br2N2O3/c1-11-10-16(25-29-11)26-19(27)17-18(20(26)28)22(24)13-7-3-2-6-12(13)21(17,23)14-8-4-5-9-15(14)22/h2-10,17-18H,1H3/t17-,18-,21?,22?/m1/s1. The first-order valence-corrected chi connectivity index (χ1v) is 10.9. The summed E-state index contributed by atoms with van der Waals surface area (Å²) in [4.78, 5) is 28.6. The summed E-state index contributed by atoms with van der Waals surface area (Å²) in [6, 6.07) is 17.6. The molecule has 2 aromatic carbocycles. The maximum atomic E-state index is 13.7. The minimum Gasteiger partial charge on any atom is -0.360 e. The van der Waals surface area contributed by atoms with Gasteiger partial charge in [0.25, 0.3) is 0 Å². The monoisotopic (exact) mass is 512 g/mol. The summed E-state index contributed by atoms with van der Waals surface area (Å²) in [5, 5.41) is 3.95. The number of hydrogen-bond acceptors (Lipinski definition) is 4. The predicted octanol–water partition coefficient (Wildman–Crippen LogP) is 4.39. The highest BCUT2D eigenvalue weighted by molar-refractivity contribution is 9.10. The van der Waals surface area contributed by atoms with Crippen LogP contribution in [0.3, 0.4) is 0 Å². The average Bonchev–Trinajstić information content (AvgIpc) is 3.26. The highest BCUT2D eigenvalue weighted by atomic mass is 79.9. The van der Waals surface area contributed by atoms with E-state index in [0.29, 0.717) is 5.76 Å². The van der Waals surface area contributed by atoms with Crippen molar-refractivity contribution in [2.24, 2.45) is 11.8 Å². The van der Waals surface area contributed by atoms with Crippen molar-refractivity contribution < 1.29 is 14.1 Å². The molecule has 1 saturated heterocycles. The van der Waals surface area contributed by atoms with Gasteiger partial charge in [0.1, 0.15) is 5.76 Å². The Hall–Kier alpha value is -2.25. The van der Waals surface area contributed by atoms with Crippen LogP contribution in [0.15, 0.2) is 59.1 Å². The normalized spacial score (nSPS) is 31.6. The van der Waals surface area contributed by atoms with Gasteiger partial charge in [0.2, 0.25) is 11.8 Å². The molecule has 2 atom stereocenters. The second kappa shape index (κ2) is 5.46. The zero-order valence-electron chi connectivity index (χ0n) is 15.2. The average molecular weight is 514 g/mol. The molecule has 0 saturated carbocycles. The molecule has 1 aliphatic heterocycles. The second-order valence-corrected chi connectivity index (χ2v) is 10.3. The molecule has 5 nitrogen and oxygen atoms in total. The van der Waals surface area contributed by atoms with Gasteiger partial charge in [-0.3, -0.25) is 9.59 Å². The Morgan fingerprint density at radius 2 is 1.28 bits per heavy atom. The van der Waals surface area contributed by atoms with Crippen LogP contribution in [-0.2, 0) is 18.2 Å². The van der Waals surface area contributed by atoms with Gasteiger partial charge in [0.15, 0.2) is 5.82 Å². The third kappa shape index (κ3) is 1.84. The SMILES string of the molecule is Cc1cc(N2C(=O)[C@H]3[C@H](C2=O)C2(Br)c4ccccc4C3(Br)c3ccccc32)no1. The number of aromatic nitrogens is 1. The number of benzene rings is 2. The van der Waals surface area contributed by atoms with Gasteiger partial charge in [-0.25, -0.2) is 4.90 Å². The van der Waals surface area contributed by atoms with E-state index in [-0.39, 0.29) is 17.6 Å². The van der Waals surface area contributed by atoms with E-state index in [1.807, 2.05) is 48.5 Å². The van der Waals surface area contributed by atoms with Crippen molar-refractivity contribution in [1.82, 2.24) is 5.16 Å². The molecule has 0 spiro atoms. The Morgan fingerprint density at radius 1 is 0.862 bits per heavy atom. The number of carbonyl (C=O) groups is 2. The maximum Gasteiger partial charge on any atom is 0.241 e. The summed E-state index contributed by atoms with van der Waals surface area (Å²) >= 11 is 7.94. The summed E-state index contributed by atoms with van der Waals surface area (Å²) in [7, 11) is 0. The number of hydrogen-bond donors (Lipinski definition) is 0. The van der Waals surface area contributed by atoms with Crippen LogP contribution in [0.1, 0.15) is 28.0 Å². The minimum absolute atomic E-state index is 0.242. The number of imide groups is 1. The molecule has 3 aliphatic carbocycles. The number of rotatable bonds is 1. The lowest BCUT2D eigenvalue weighted by Gasteiger charge is -2.55.